The second-order valence-corrected chi connectivity index (χ2v) is 8.20. The van der Waals surface area contributed by atoms with Crippen LogP contribution in [-0.2, 0) is 0 Å². The van der Waals surface area contributed by atoms with Crippen molar-refractivity contribution in [3.8, 4) is 34.0 Å². The van der Waals surface area contributed by atoms with E-state index in [9.17, 15) is 14.9 Å². The minimum atomic E-state index is -0.561. The summed E-state index contributed by atoms with van der Waals surface area (Å²) in [6.07, 6.45) is 0. The molecule has 8 heteroatoms. The standard InChI is InChI=1S/C29H22N4O4/c1-37-24-16-17-25(28(18-24)33(35)36)30-29(34)22-12-14-23(15-13-22)32-27(21-10-6-3-7-11-21)19-26(31-32)20-8-4-2-5-9-20/h2-19H,1H3,(H,30,34). The monoisotopic (exact) mass is 490 g/mol. The van der Waals surface area contributed by atoms with Crippen molar-refractivity contribution < 1.29 is 14.5 Å². The number of methoxy groups -OCH3 is 1. The van der Waals surface area contributed by atoms with Crippen molar-refractivity contribution in [1.82, 2.24) is 9.78 Å². The predicted molar refractivity (Wildman–Crippen MR) is 142 cm³/mol. The normalized spacial score (nSPS) is 10.6. The fraction of sp³-hybridized carbons (Fsp3) is 0.0345. The topological polar surface area (TPSA) is 99.3 Å². The number of amides is 1. The predicted octanol–water partition coefficient (Wildman–Crippen LogP) is 6.38. The summed E-state index contributed by atoms with van der Waals surface area (Å²) in [4.78, 5) is 23.8. The fourth-order valence-electron chi connectivity index (χ4n) is 3.99. The summed E-state index contributed by atoms with van der Waals surface area (Å²) in [5.74, 6) is -0.133. The molecule has 0 radical (unpaired) electrons. The molecule has 1 amide bonds. The third kappa shape index (κ3) is 4.94. The van der Waals surface area contributed by atoms with Crippen LogP contribution in [0.2, 0.25) is 0 Å². The number of nitro benzene ring substituents is 1. The maximum atomic E-state index is 12.9. The van der Waals surface area contributed by atoms with Gasteiger partial charge >= 0.3 is 0 Å². The number of hydrogen-bond donors (Lipinski definition) is 1. The van der Waals surface area contributed by atoms with E-state index in [1.165, 1.54) is 19.2 Å². The van der Waals surface area contributed by atoms with E-state index in [2.05, 4.69) is 5.32 Å². The molecular formula is C29H22N4O4. The smallest absolute Gasteiger partial charge is 0.296 e. The van der Waals surface area contributed by atoms with Crippen LogP contribution in [0.25, 0.3) is 28.2 Å². The lowest BCUT2D eigenvalue weighted by Gasteiger charge is -2.10. The van der Waals surface area contributed by atoms with Crippen LogP contribution in [0.4, 0.5) is 11.4 Å². The molecule has 0 unspecified atom stereocenters. The molecule has 0 aliphatic carbocycles. The van der Waals surface area contributed by atoms with E-state index in [0.29, 0.717) is 11.3 Å². The summed E-state index contributed by atoms with van der Waals surface area (Å²) in [5.41, 5.74) is 4.70. The molecule has 0 saturated carbocycles. The first kappa shape index (κ1) is 23.5. The number of carbonyl (C=O) groups is 1. The molecule has 1 aromatic heterocycles. The van der Waals surface area contributed by atoms with Crippen molar-refractivity contribution in [3.63, 3.8) is 0 Å². The summed E-state index contributed by atoms with van der Waals surface area (Å²) >= 11 is 0. The summed E-state index contributed by atoms with van der Waals surface area (Å²) in [6.45, 7) is 0. The van der Waals surface area contributed by atoms with Crippen LogP contribution in [0.1, 0.15) is 10.4 Å². The van der Waals surface area contributed by atoms with Crippen LogP contribution < -0.4 is 10.1 Å². The van der Waals surface area contributed by atoms with Crippen molar-refractivity contribution >= 4 is 17.3 Å². The Hall–Kier alpha value is -5.24. The zero-order valence-corrected chi connectivity index (χ0v) is 19.9. The van der Waals surface area contributed by atoms with E-state index in [-0.39, 0.29) is 11.4 Å². The van der Waals surface area contributed by atoms with Gasteiger partial charge in [0.15, 0.2) is 0 Å². The van der Waals surface area contributed by atoms with Crippen LogP contribution in [-0.4, -0.2) is 27.7 Å². The molecule has 0 spiro atoms. The van der Waals surface area contributed by atoms with E-state index in [1.54, 1.807) is 30.3 Å². The summed E-state index contributed by atoms with van der Waals surface area (Å²) in [7, 11) is 1.42. The van der Waals surface area contributed by atoms with Crippen molar-refractivity contribution in [3.05, 3.63) is 125 Å². The Bertz CT molecular complexity index is 1560. The highest BCUT2D eigenvalue weighted by molar-refractivity contribution is 6.05. The molecule has 0 bridgehead atoms. The molecule has 37 heavy (non-hydrogen) atoms. The van der Waals surface area contributed by atoms with Gasteiger partial charge in [0.25, 0.3) is 11.6 Å². The summed E-state index contributed by atoms with van der Waals surface area (Å²) in [6, 6.07) is 33.1. The van der Waals surface area contributed by atoms with E-state index in [0.717, 1.165) is 28.2 Å². The van der Waals surface area contributed by atoms with Gasteiger partial charge in [-0.2, -0.15) is 5.10 Å². The number of hydrogen-bond acceptors (Lipinski definition) is 5. The summed E-state index contributed by atoms with van der Waals surface area (Å²) < 4.78 is 6.89. The minimum absolute atomic E-state index is 0.0887. The van der Waals surface area contributed by atoms with Crippen LogP contribution in [0, 0.1) is 10.1 Å². The largest absolute Gasteiger partial charge is 0.496 e. The number of benzene rings is 4. The Morgan fingerprint density at radius 2 is 1.51 bits per heavy atom. The molecule has 182 valence electrons. The van der Waals surface area contributed by atoms with Gasteiger partial charge in [0.05, 0.1) is 35.2 Å². The van der Waals surface area contributed by atoms with Gasteiger partial charge in [-0.25, -0.2) is 4.68 Å². The van der Waals surface area contributed by atoms with Crippen molar-refractivity contribution in [2.24, 2.45) is 0 Å². The molecule has 1 heterocycles. The molecule has 5 rings (SSSR count). The van der Waals surface area contributed by atoms with Crippen LogP contribution in [0.5, 0.6) is 5.75 Å². The second-order valence-electron chi connectivity index (χ2n) is 8.20. The lowest BCUT2D eigenvalue weighted by atomic mass is 10.1. The first-order chi connectivity index (χ1) is 18.0. The van der Waals surface area contributed by atoms with E-state index in [4.69, 9.17) is 9.84 Å². The average molecular weight is 491 g/mol. The van der Waals surface area contributed by atoms with Crippen molar-refractivity contribution in [2.45, 2.75) is 0 Å². The zero-order chi connectivity index (χ0) is 25.8. The van der Waals surface area contributed by atoms with Gasteiger partial charge in [-0.05, 0) is 42.5 Å². The molecule has 8 nitrogen and oxygen atoms in total. The Balaban J connectivity index is 1.46. The number of aromatic nitrogens is 2. The van der Waals surface area contributed by atoms with E-state index < -0.39 is 10.8 Å². The van der Waals surface area contributed by atoms with Gasteiger partial charge in [0.1, 0.15) is 11.4 Å². The maximum absolute atomic E-state index is 12.9. The first-order valence-corrected chi connectivity index (χ1v) is 11.5. The first-order valence-electron chi connectivity index (χ1n) is 11.5. The lowest BCUT2D eigenvalue weighted by Crippen LogP contribution is -2.13. The number of nitrogens with zero attached hydrogens (tertiary/aromatic N) is 3. The lowest BCUT2D eigenvalue weighted by molar-refractivity contribution is -0.384. The number of anilines is 1. The molecule has 1 N–H and O–H groups in total. The quantitative estimate of drug-likeness (QED) is 0.211. The van der Waals surface area contributed by atoms with Gasteiger partial charge in [-0.15, -0.1) is 0 Å². The highest BCUT2D eigenvalue weighted by Gasteiger charge is 2.19. The summed E-state index contributed by atoms with van der Waals surface area (Å²) in [5, 5.41) is 18.9. The van der Waals surface area contributed by atoms with Gasteiger partial charge in [0, 0.05) is 16.7 Å². The Kier molecular flexibility index (Phi) is 6.46. The molecule has 4 aromatic carbocycles. The number of ether oxygens (including phenoxy) is 1. The molecule has 0 fully saturated rings. The third-order valence-electron chi connectivity index (χ3n) is 5.87. The molecule has 0 atom stereocenters. The Morgan fingerprint density at radius 3 is 2.14 bits per heavy atom. The highest BCUT2D eigenvalue weighted by Crippen LogP contribution is 2.31. The minimum Gasteiger partial charge on any atom is -0.496 e. The second kappa shape index (κ2) is 10.2. The number of nitro groups is 1. The Morgan fingerprint density at radius 1 is 0.865 bits per heavy atom. The Labute approximate surface area is 212 Å². The molecule has 0 aliphatic rings. The van der Waals surface area contributed by atoms with E-state index >= 15 is 0 Å². The zero-order valence-electron chi connectivity index (χ0n) is 19.9. The van der Waals surface area contributed by atoms with Crippen molar-refractivity contribution in [2.75, 3.05) is 12.4 Å². The molecular weight excluding hydrogens is 468 g/mol. The van der Waals surface area contributed by atoms with Crippen LogP contribution >= 0.6 is 0 Å². The highest BCUT2D eigenvalue weighted by atomic mass is 16.6. The maximum Gasteiger partial charge on any atom is 0.296 e. The third-order valence-corrected chi connectivity index (χ3v) is 5.87. The molecule has 0 saturated heterocycles. The van der Waals surface area contributed by atoms with Crippen LogP contribution in [0.3, 0.4) is 0 Å². The van der Waals surface area contributed by atoms with Crippen molar-refractivity contribution in [1.29, 1.82) is 0 Å². The van der Waals surface area contributed by atoms with Gasteiger partial charge in [-0.1, -0.05) is 60.7 Å². The SMILES string of the molecule is COc1ccc(NC(=O)c2ccc(-n3nc(-c4ccccc4)cc3-c3ccccc3)cc2)c([N+](=O)[O-])c1. The average Bonchev–Trinajstić information content (AvgIpc) is 3.40. The number of nitrogens with one attached hydrogen (secondary N) is 1. The van der Waals surface area contributed by atoms with Gasteiger partial charge < -0.3 is 10.1 Å². The van der Waals surface area contributed by atoms with Crippen LogP contribution in [0.15, 0.2) is 109 Å². The fourth-order valence-corrected chi connectivity index (χ4v) is 3.99. The molecule has 0 aliphatic heterocycles. The molecule has 5 aromatic rings. The van der Waals surface area contributed by atoms with E-state index in [1.807, 2.05) is 71.4 Å². The number of rotatable bonds is 7. The van der Waals surface area contributed by atoms with Gasteiger partial charge in [-0.3, -0.25) is 14.9 Å². The van der Waals surface area contributed by atoms with Gasteiger partial charge in [0.2, 0.25) is 0 Å². The number of carbonyl (C=O) groups excluding carboxylic acids is 1.